The fourth-order valence-electron chi connectivity index (χ4n) is 3.85. The fraction of sp³-hybridized carbons (Fsp3) is 0.478. The Bertz CT molecular complexity index is 801. The minimum atomic E-state index is -1.40. The summed E-state index contributed by atoms with van der Waals surface area (Å²) in [6.45, 7) is 5.40. The molecule has 4 N–H and O–H groups in total. The minimum absolute atomic E-state index is 0.441. The molecule has 0 saturated carbocycles. The lowest BCUT2D eigenvalue weighted by molar-refractivity contribution is -0.273. The van der Waals surface area contributed by atoms with Crippen LogP contribution in [0, 0.1) is 6.92 Å². The molecule has 1 heterocycles. The van der Waals surface area contributed by atoms with Crippen LogP contribution in [0.3, 0.4) is 0 Å². The first kappa shape index (κ1) is 21.0. The Kier molecular flexibility index (Phi) is 6.22. The van der Waals surface area contributed by atoms with Gasteiger partial charge in [0, 0.05) is 0 Å². The monoisotopic (exact) mass is 386 g/mol. The highest BCUT2D eigenvalue weighted by molar-refractivity contribution is 5.39. The number of rotatable bonds is 5. The van der Waals surface area contributed by atoms with Crippen LogP contribution in [0.4, 0.5) is 0 Å². The molecule has 1 fully saturated rings. The Labute approximate surface area is 166 Å². The summed E-state index contributed by atoms with van der Waals surface area (Å²) in [6.07, 6.45) is -3.27. The molecule has 2 aromatic rings. The Morgan fingerprint density at radius 1 is 0.964 bits per heavy atom. The molecule has 5 nitrogen and oxygen atoms in total. The molecule has 0 unspecified atom stereocenters. The van der Waals surface area contributed by atoms with Crippen molar-refractivity contribution >= 4 is 0 Å². The molecule has 152 valence electrons. The first-order valence-corrected chi connectivity index (χ1v) is 9.80. The summed E-state index contributed by atoms with van der Waals surface area (Å²) in [7, 11) is 0. The van der Waals surface area contributed by atoms with Crippen LogP contribution in [0.15, 0.2) is 42.5 Å². The van der Waals surface area contributed by atoms with Crippen LogP contribution in [-0.2, 0) is 23.2 Å². The number of benzene rings is 2. The molecule has 1 aliphatic heterocycles. The molecule has 0 bridgehead atoms. The van der Waals surface area contributed by atoms with E-state index in [9.17, 15) is 20.4 Å². The van der Waals surface area contributed by atoms with Gasteiger partial charge in [0.15, 0.2) is 0 Å². The van der Waals surface area contributed by atoms with E-state index in [1.54, 1.807) is 6.92 Å². The lowest BCUT2D eigenvalue weighted by atomic mass is 9.80. The number of aliphatic hydroxyl groups excluding tert-OH is 4. The van der Waals surface area contributed by atoms with Crippen LogP contribution in [-0.4, -0.2) is 51.4 Å². The molecular formula is C23H30O5. The molecule has 0 amide bonds. The van der Waals surface area contributed by atoms with Crippen LogP contribution in [0.2, 0.25) is 0 Å². The van der Waals surface area contributed by atoms with Gasteiger partial charge in [0.2, 0.25) is 0 Å². The Morgan fingerprint density at radius 3 is 2.21 bits per heavy atom. The standard InChI is InChI=1S/C23H30O5/c1-4-15-6-8-16(9-7-15)11-17-12-18(10-5-14(17)2)23(3)22(27)21(26)20(25)19(13-24)28-23/h5-10,12,19-22,24-27H,4,11,13H2,1-3H3/t19-,20-,21+,22-,23+/m1/s1. The lowest BCUT2D eigenvalue weighted by Gasteiger charge is -2.47. The third-order valence-corrected chi connectivity index (χ3v) is 5.94. The summed E-state index contributed by atoms with van der Waals surface area (Å²) in [5.41, 5.74) is 4.17. The van der Waals surface area contributed by atoms with Crippen molar-refractivity contribution in [1.29, 1.82) is 0 Å². The third-order valence-electron chi connectivity index (χ3n) is 5.94. The Hall–Kier alpha value is -1.76. The quantitative estimate of drug-likeness (QED) is 0.630. The van der Waals surface area contributed by atoms with Crippen molar-refractivity contribution in [3.63, 3.8) is 0 Å². The van der Waals surface area contributed by atoms with Crippen molar-refractivity contribution in [2.24, 2.45) is 0 Å². The zero-order chi connectivity index (χ0) is 20.5. The normalized spacial score (nSPS) is 30.4. The van der Waals surface area contributed by atoms with E-state index in [0.29, 0.717) is 5.56 Å². The van der Waals surface area contributed by atoms with Crippen LogP contribution in [0.25, 0.3) is 0 Å². The van der Waals surface area contributed by atoms with E-state index in [2.05, 4.69) is 31.2 Å². The van der Waals surface area contributed by atoms with Gasteiger partial charge in [-0.15, -0.1) is 0 Å². The predicted molar refractivity (Wildman–Crippen MR) is 107 cm³/mol. The first-order valence-electron chi connectivity index (χ1n) is 9.80. The van der Waals surface area contributed by atoms with Gasteiger partial charge in [-0.2, -0.15) is 0 Å². The maximum absolute atomic E-state index is 10.6. The second-order valence-electron chi connectivity index (χ2n) is 7.86. The first-order chi connectivity index (χ1) is 13.3. The second kappa shape index (κ2) is 8.31. The molecular weight excluding hydrogens is 356 g/mol. The highest BCUT2D eigenvalue weighted by atomic mass is 16.6. The van der Waals surface area contributed by atoms with Gasteiger partial charge >= 0.3 is 0 Å². The average molecular weight is 386 g/mol. The fourth-order valence-corrected chi connectivity index (χ4v) is 3.85. The summed E-state index contributed by atoms with van der Waals surface area (Å²) in [5.74, 6) is 0. The molecule has 0 aromatic heterocycles. The number of ether oxygens (including phenoxy) is 1. The van der Waals surface area contributed by atoms with Crippen LogP contribution >= 0.6 is 0 Å². The van der Waals surface area contributed by atoms with Crippen LogP contribution < -0.4 is 0 Å². The smallest absolute Gasteiger partial charge is 0.119 e. The maximum Gasteiger partial charge on any atom is 0.119 e. The molecule has 0 spiro atoms. The van der Waals surface area contributed by atoms with Gasteiger partial charge in [-0.25, -0.2) is 0 Å². The summed E-state index contributed by atoms with van der Waals surface area (Å²) >= 11 is 0. The van der Waals surface area contributed by atoms with Crippen LogP contribution in [0.1, 0.15) is 41.7 Å². The summed E-state index contributed by atoms with van der Waals surface area (Å²) < 4.78 is 5.87. The van der Waals surface area contributed by atoms with E-state index in [1.807, 2.05) is 25.1 Å². The zero-order valence-electron chi connectivity index (χ0n) is 16.7. The number of hydrogen-bond acceptors (Lipinski definition) is 5. The highest BCUT2D eigenvalue weighted by Gasteiger charge is 2.51. The Morgan fingerprint density at radius 2 is 1.61 bits per heavy atom. The highest BCUT2D eigenvalue weighted by Crippen LogP contribution is 2.39. The summed E-state index contributed by atoms with van der Waals surface area (Å²) in [5, 5.41) is 40.4. The Balaban J connectivity index is 1.92. The van der Waals surface area contributed by atoms with Crippen molar-refractivity contribution in [1.82, 2.24) is 0 Å². The van der Waals surface area contributed by atoms with E-state index in [1.165, 1.54) is 11.1 Å². The van der Waals surface area contributed by atoms with E-state index < -0.39 is 36.6 Å². The largest absolute Gasteiger partial charge is 0.394 e. The van der Waals surface area contributed by atoms with Crippen molar-refractivity contribution in [2.45, 2.75) is 63.6 Å². The van der Waals surface area contributed by atoms with E-state index in [4.69, 9.17) is 4.74 Å². The third kappa shape index (κ3) is 3.86. The molecule has 0 aliphatic carbocycles. The van der Waals surface area contributed by atoms with Crippen LogP contribution in [0.5, 0.6) is 0 Å². The molecule has 1 saturated heterocycles. The summed E-state index contributed by atoms with van der Waals surface area (Å²) in [6, 6.07) is 14.3. The topological polar surface area (TPSA) is 90.2 Å². The molecule has 5 heteroatoms. The van der Waals surface area contributed by atoms with Crippen molar-refractivity contribution < 1.29 is 25.2 Å². The zero-order valence-corrected chi connectivity index (χ0v) is 16.7. The van der Waals surface area contributed by atoms with E-state index in [0.717, 1.165) is 24.0 Å². The maximum atomic E-state index is 10.6. The van der Waals surface area contributed by atoms with Gasteiger partial charge in [0.1, 0.15) is 30.0 Å². The predicted octanol–water partition coefficient (Wildman–Crippen LogP) is 1.84. The van der Waals surface area contributed by atoms with Gasteiger partial charge in [0.05, 0.1) is 6.61 Å². The average Bonchev–Trinajstić information content (AvgIpc) is 2.71. The summed E-state index contributed by atoms with van der Waals surface area (Å²) in [4.78, 5) is 0. The van der Waals surface area contributed by atoms with Crippen molar-refractivity contribution in [3.05, 3.63) is 70.3 Å². The SMILES string of the molecule is CCc1ccc(Cc2cc([C@]3(C)O[C@H](CO)[C@@H](O)[C@H](O)[C@H]3O)ccc2C)cc1. The van der Waals surface area contributed by atoms with Gasteiger partial charge in [0.25, 0.3) is 0 Å². The molecule has 3 rings (SSSR count). The number of aliphatic hydroxyl groups is 4. The minimum Gasteiger partial charge on any atom is -0.394 e. The van der Waals surface area contributed by atoms with Gasteiger partial charge in [-0.05, 0) is 54.5 Å². The molecule has 28 heavy (non-hydrogen) atoms. The van der Waals surface area contributed by atoms with E-state index in [-0.39, 0.29) is 0 Å². The molecule has 0 radical (unpaired) electrons. The second-order valence-corrected chi connectivity index (χ2v) is 7.86. The van der Waals surface area contributed by atoms with Crippen molar-refractivity contribution in [3.8, 4) is 0 Å². The van der Waals surface area contributed by atoms with E-state index >= 15 is 0 Å². The number of hydrogen-bond donors (Lipinski definition) is 4. The molecule has 1 aliphatic rings. The van der Waals surface area contributed by atoms with Gasteiger partial charge in [-0.1, -0.05) is 49.4 Å². The van der Waals surface area contributed by atoms with Gasteiger partial charge in [-0.3, -0.25) is 0 Å². The lowest BCUT2D eigenvalue weighted by Crippen LogP contribution is -2.62. The van der Waals surface area contributed by atoms with Crippen molar-refractivity contribution in [2.75, 3.05) is 6.61 Å². The molecule has 5 atom stereocenters. The van der Waals surface area contributed by atoms with Gasteiger partial charge < -0.3 is 25.2 Å². The number of aryl methyl sites for hydroxylation is 2. The molecule has 2 aromatic carbocycles.